The van der Waals surface area contributed by atoms with Crippen molar-refractivity contribution >= 4 is 16.7 Å². The maximum absolute atomic E-state index is 12.7. The molecule has 0 saturated heterocycles. The van der Waals surface area contributed by atoms with E-state index in [-0.39, 0.29) is 22.7 Å². The van der Waals surface area contributed by atoms with E-state index in [1.807, 2.05) is 11.5 Å². The maximum Gasteiger partial charge on any atom is 0.432 e. The van der Waals surface area contributed by atoms with E-state index in [9.17, 15) is 13.2 Å². The minimum atomic E-state index is -4.50. The Morgan fingerprint density at radius 3 is 2.71 bits per heavy atom. The van der Waals surface area contributed by atoms with Gasteiger partial charge in [0.25, 0.3) is 0 Å². The molecule has 2 aromatic heterocycles. The number of hydrogen-bond donors (Lipinski definition) is 3. The normalized spacial score (nSPS) is 14.8. The number of imidazole rings is 1. The van der Waals surface area contributed by atoms with Crippen LogP contribution in [0.5, 0.6) is 0 Å². The molecule has 106 valence electrons. The van der Waals surface area contributed by atoms with Crippen LogP contribution in [-0.2, 0) is 0 Å². The van der Waals surface area contributed by atoms with Crippen molar-refractivity contribution in [3.8, 4) is 6.07 Å². The summed E-state index contributed by atoms with van der Waals surface area (Å²) in [6, 6.07) is 4.97. The highest BCUT2D eigenvalue weighted by Gasteiger charge is 2.35. The monoisotopic (exact) mass is 292 g/mol. The molecule has 0 fully saturated rings. The van der Waals surface area contributed by atoms with E-state index in [1.54, 1.807) is 6.07 Å². The van der Waals surface area contributed by atoms with Crippen molar-refractivity contribution in [3.63, 3.8) is 0 Å². The van der Waals surface area contributed by atoms with E-state index in [4.69, 9.17) is 5.26 Å². The number of aromatic amines is 1. The van der Waals surface area contributed by atoms with Crippen LogP contribution in [0.1, 0.15) is 11.5 Å². The van der Waals surface area contributed by atoms with Crippen LogP contribution in [0.15, 0.2) is 30.1 Å². The Morgan fingerprint density at radius 2 is 2.00 bits per heavy atom. The molecule has 0 saturated carbocycles. The Morgan fingerprint density at radius 1 is 1.19 bits per heavy atom. The lowest BCUT2D eigenvalue weighted by Gasteiger charge is -2.18. The number of alkyl halides is 3. The molecule has 3 N–H and O–H groups in total. The first kappa shape index (κ1) is 13.0. The first-order chi connectivity index (χ1) is 9.97. The number of hydrazine groups is 1. The second-order valence-corrected chi connectivity index (χ2v) is 4.19. The van der Waals surface area contributed by atoms with Gasteiger partial charge < -0.3 is 10.4 Å². The smallest absolute Gasteiger partial charge is 0.337 e. The Hall–Kier alpha value is -3.02. The number of nitrogens with zero attached hydrogens (tertiary/aromatic N) is 3. The molecule has 1 aliphatic heterocycles. The fourth-order valence-corrected chi connectivity index (χ4v) is 1.81. The van der Waals surface area contributed by atoms with Crippen LogP contribution in [-0.4, -0.2) is 21.1 Å². The Bertz CT molecular complexity index is 808. The highest BCUT2D eigenvalue weighted by atomic mass is 19.4. The minimum Gasteiger partial charge on any atom is -0.337 e. The molecule has 0 aliphatic carbocycles. The molecule has 2 aromatic rings. The zero-order chi connectivity index (χ0) is 15.0. The Labute approximate surface area is 116 Å². The molecule has 0 radical (unpaired) electrons. The highest BCUT2D eigenvalue weighted by Crippen LogP contribution is 2.28. The molecule has 3 heterocycles. The summed E-state index contributed by atoms with van der Waals surface area (Å²) in [5, 5.41) is 8.76. The second kappa shape index (κ2) is 4.52. The van der Waals surface area contributed by atoms with Crippen LogP contribution in [0.25, 0.3) is 16.7 Å². The van der Waals surface area contributed by atoms with Crippen LogP contribution in [0.4, 0.5) is 13.2 Å². The molecular weight excluding hydrogens is 285 g/mol. The van der Waals surface area contributed by atoms with Gasteiger partial charge in [-0.2, -0.15) is 18.4 Å². The average Bonchev–Trinajstić information content (AvgIpc) is 2.89. The van der Waals surface area contributed by atoms with Gasteiger partial charge >= 0.3 is 6.18 Å². The fraction of sp³-hybridized carbons (Fsp3) is 0.0833. The molecule has 0 atom stereocenters. The zero-order valence-electron chi connectivity index (χ0n) is 10.3. The van der Waals surface area contributed by atoms with E-state index in [0.717, 1.165) is 6.08 Å². The van der Waals surface area contributed by atoms with Crippen molar-refractivity contribution < 1.29 is 13.2 Å². The molecule has 3 rings (SSSR count). The topological polar surface area (TPSA) is 89.4 Å². The number of H-pyrrole nitrogens is 1. The zero-order valence-corrected chi connectivity index (χ0v) is 10.3. The van der Waals surface area contributed by atoms with Crippen molar-refractivity contribution in [3.05, 3.63) is 41.6 Å². The number of halogens is 3. The Balaban J connectivity index is 2.03. The summed E-state index contributed by atoms with van der Waals surface area (Å²) in [5.41, 5.74) is 4.63. The number of nitrogens with one attached hydrogen (secondary N) is 3. The number of aromatic nitrogens is 3. The quantitative estimate of drug-likeness (QED) is 0.744. The van der Waals surface area contributed by atoms with Crippen molar-refractivity contribution in [1.29, 1.82) is 5.26 Å². The molecule has 0 amide bonds. The van der Waals surface area contributed by atoms with Gasteiger partial charge in [-0.15, -0.1) is 0 Å². The molecule has 0 aromatic carbocycles. The standard InChI is InChI=1S/C12H7F3N6/c13-12(14,15)9-3-6(5-17-21-9)10-19-8-2-1-7(4-16)18-11(8)20-10/h1-3,5,17,21H,(H,18,19,20). The summed E-state index contributed by atoms with van der Waals surface area (Å²) >= 11 is 0. The number of pyridine rings is 1. The van der Waals surface area contributed by atoms with Crippen molar-refractivity contribution in [2.75, 3.05) is 0 Å². The third-order valence-electron chi connectivity index (χ3n) is 2.77. The summed E-state index contributed by atoms with van der Waals surface area (Å²) in [7, 11) is 0. The second-order valence-electron chi connectivity index (χ2n) is 4.19. The van der Waals surface area contributed by atoms with Gasteiger partial charge in [-0.3, -0.25) is 5.43 Å². The summed E-state index contributed by atoms with van der Waals surface area (Å²) in [6.45, 7) is 0. The number of fused-ring (bicyclic) bond motifs is 1. The molecule has 6 nitrogen and oxygen atoms in total. The van der Waals surface area contributed by atoms with E-state index in [0.29, 0.717) is 5.52 Å². The van der Waals surface area contributed by atoms with E-state index < -0.39 is 11.9 Å². The molecule has 0 bridgehead atoms. The molecule has 9 heteroatoms. The SMILES string of the molecule is N#Cc1ccc2[nH]c(C3=CNNC(C(F)(F)F)=C3)nc2n1. The number of nitriles is 1. The molecule has 21 heavy (non-hydrogen) atoms. The summed E-state index contributed by atoms with van der Waals surface area (Å²) in [5.74, 6) is 0.225. The molecule has 1 aliphatic rings. The first-order valence-corrected chi connectivity index (χ1v) is 5.75. The van der Waals surface area contributed by atoms with Crippen molar-refractivity contribution in [2.24, 2.45) is 0 Å². The van der Waals surface area contributed by atoms with E-state index in [1.165, 1.54) is 12.3 Å². The molecular formula is C12H7F3N6. The van der Waals surface area contributed by atoms with Gasteiger partial charge in [-0.1, -0.05) is 0 Å². The van der Waals surface area contributed by atoms with Gasteiger partial charge in [0.2, 0.25) is 0 Å². The lowest BCUT2D eigenvalue weighted by molar-refractivity contribution is -0.0978. The largest absolute Gasteiger partial charge is 0.432 e. The lowest BCUT2D eigenvalue weighted by atomic mass is 10.2. The van der Waals surface area contributed by atoms with Gasteiger partial charge in [-0.05, 0) is 18.2 Å². The van der Waals surface area contributed by atoms with Crippen molar-refractivity contribution in [2.45, 2.75) is 6.18 Å². The van der Waals surface area contributed by atoms with Crippen LogP contribution in [0.3, 0.4) is 0 Å². The number of allylic oxidation sites excluding steroid dienone is 3. The van der Waals surface area contributed by atoms with Crippen molar-refractivity contribution in [1.82, 2.24) is 25.8 Å². The van der Waals surface area contributed by atoms with Gasteiger partial charge in [0.15, 0.2) is 5.65 Å². The fourth-order valence-electron chi connectivity index (χ4n) is 1.81. The average molecular weight is 292 g/mol. The summed E-state index contributed by atoms with van der Waals surface area (Å²) in [4.78, 5) is 10.9. The number of hydrogen-bond acceptors (Lipinski definition) is 5. The van der Waals surface area contributed by atoms with Gasteiger partial charge in [0, 0.05) is 11.8 Å². The van der Waals surface area contributed by atoms with Crippen LogP contribution >= 0.6 is 0 Å². The van der Waals surface area contributed by atoms with Crippen LogP contribution in [0, 0.1) is 11.3 Å². The third kappa shape index (κ3) is 2.38. The van der Waals surface area contributed by atoms with E-state index in [2.05, 4.69) is 20.4 Å². The predicted molar refractivity (Wildman–Crippen MR) is 67.0 cm³/mol. The summed E-state index contributed by atoms with van der Waals surface area (Å²) in [6.07, 6.45) is -2.22. The lowest BCUT2D eigenvalue weighted by Crippen LogP contribution is -2.36. The minimum absolute atomic E-state index is 0.185. The highest BCUT2D eigenvalue weighted by molar-refractivity contribution is 5.79. The van der Waals surface area contributed by atoms with E-state index >= 15 is 0 Å². The Kier molecular flexibility index (Phi) is 2.79. The summed E-state index contributed by atoms with van der Waals surface area (Å²) < 4.78 is 38.0. The maximum atomic E-state index is 12.7. The van der Waals surface area contributed by atoms with Gasteiger partial charge in [0.05, 0.1) is 5.52 Å². The molecule has 0 spiro atoms. The number of rotatable bonds is 1. The molecule has 0 unspecified atom stereocenters. The predicted octanol–water partition coefficient (Wildman–Crippen LogP) is 1.72. The van der Waals surface area contributed by atoms with Crippen LogP contribution < -0.4 is 10.9 Å². The van der Waals surface area contributed by atoms with Crippen LogP contribution in [0.2, 0.25) is 0 Å². The van der Waals surface area contributed by atoms with Gasteiger partial charge in [0.1, 0.15) is 23.3 Å². The van der Waals surface area contributed by atoms with Gasteiger partial charge in [-0.25, -0.2) is 9.97 Å². The third-order valence-corrected chi connectivity index (χ3v) is 2.77. The first-order valence-electron chi connectivity index (χ1n) is 5.75.